The van der Waals surface area contributed by atoms with Crippen molar-refractivity contribution in [3.63, 3.8) is 0 Å². The van der Waals surface area contributed by atoms with Crippen LogP contribution in [0.4, 0.5) is 0 Å². The van der Waals surface area contributed by atoms with Crippen molar-refractivity contribution in [2.24, 2.45) is 0 Å². The monoisotopic (exact) mass is 223 g/mol. The first-order valence-corrected chi connectivity index (χ1v) is 6.05. The molecule has 2 aliphatic rings. The summed E-state index contributed by atoms with van der Waals surface area (Å²) in [5.41, 5.74) is 2.16. The van der Waals surface area contributed by atoms with E-state index in [1.807, 2.05) is 6.92 Å². The number of nitrogens with zero attached hydrogens (tertiary/aromatic N) is 1. The summed E-state index contributed by atoms with van der Waals surface area (Å²) in [7, 11) is 2.11. The average Bonchev–Trinajstić information content (AvgIpc) is 2.14. The molecule has 2 fully saturated rings. The van der Waals surface area contributed by atoms with Gasteiger partial charge in [0.1, 0.15) is 0 Å². The van der Waals surface area contributed by atoms with Crippen LogP contribution in [0.25, 0.3) is 0 Å². The van der Waals surface area contributed by atoms with Gasteiger partial charge in [0.2, 0.25) is 5.91 Å². The number of likely N-dealkylation sites (N-methyl/N-ethyl adjacent to an activating group) is 1. The Morgan fingerprint density at radius 1 is 1.50 bits per heavy atom. The van der Waals surface area contributed by atoms with Crippen molar-refractivity contribution < 1.29 is 4.79 Å². The third-order valence-corrected chi connectivity index (χ3v) is 3.51. The lowest BCUT2D eigenvalue weighted by Crippen LogP contribution is -2.47. The number of carbonyl (C=O) groups excluding carboxylic acids is 1. The molecule has 0 aliphatic carbocycles. The standard InChI is InChI=1S/C12H21N3O/c1-9(10-6-13-7-10)12(16)14-11-4-3-5-15(2)8-11/h11,13H,3-8H2,1-2H3,(H,14,16). The van der Waals surface area contributed by atoms with Crippen molar-refractivity contribution in [1.82, 2.24) is 15.5 Å². The van der Waals surface area contributed by atoms with Gasteiger partial charge in [-0.15, -0.1) is 0 Å². The molecule has 0 saturated carbocycles. The molecule has 2 saturated heterocycles. The van der Waals surface area contributed by atoms with Crippen LogP contribution >= 0.6 is 0 Å². The number of hydrogen-bond acceptors (Lipinski definition) is 3. The molecule has 2 N–H and O–H groups in total. The van der Waals surface area contributed by atoms with Crippen molar-refractivity contribution in [1.29, 1.82) is 0 Å². The zero-order chi connectivity index (χ0) is 11.5. The van der Waals surface area contributed by atoms with Crippen LogP contribution in [0, 0.1) is 0 Å². The van der Waals surface area contributed by atoms with Crippen LogP contribution in [-0.2, 0) is 4.79 Å². The highest BCUT2D eigenvalue weighted by Crippen LogP contribution is 2.12. The maximum absolute atomic E-state index is 11.9. The second-order valence-corrected chi connectivity index (χ2v) is 4.91. The Bertz CT molecular complexity index is 305. The number of nitrogens with one attached hydrogen (secondary N) is 2. The molecule has 90 valence electrons. The highest BCUT2D eigenvalue weighted by Gasteiger charge is 2.21. The van der Waals surface area contributed by atoms with E-state index >= 15 is 0 Å². The Hall–Kier alpha value is -0.870. The topological polar surface area (TPSA) is 44.4 Å². The van der Waals surface area contributed by atoms with E-state index in [2.05, 4.69) is 22.6 Å². The van der Waals surface area contributed by atoms with E-state index in [-0.39, 0.29) is 5.91 Å². The van der Waals surface area contributed by atoms with E-state index in [4.69, 9.17) is 0 Å². The predicted octanol–water partition coefficient (Wildman–Crippen LogP) is 0.117. The van der Waals surface area contributed by atoms with Crippen molar-refractivity contribution in [2.75, 3.05) is 33.2 Å². The van der Waals surface area contributed by atoms with E-state index in [9.17, 15) is 4.79 Å². The molecular weight excluding hydrogens is 202 g/mol. The molecule has 4 nitrogen and oxygen atoms in total. The summed E-state index contributed by atoms with van der Waals surface area (Å²) < 4.78 is 0. The van der Waals surface area contributed by atoms with Gasteiger partial charge in [-0.1, -0.05) is 0 Å². The van der Waals surface area contributed by atoms with Gasteiger partial charge >= 0.3 is 0 Å². The largest absolute Gasteiger partial charge is 0.348 e. The molecule has 1 amide bonds. The zero-order valence-corrected chi connectivity index (χ0v) is 10.2. The van der Waals surface area contributed by atoms with Crippen molar-refractivity contribution in [2.45, 2.75) is 25.8 Å². The van der Waals surface area contributed by atoms with Gasteiger partial charge in [-0.3, -0.25) is 4.79 Å². The van der Waals surface area contributed by atoms with Gasteiger partial charge in [-0.2, -0.15) is 0 Å². The minimum atomic E-state index is 0.122. The first-order chi connectivity index (χ1) is 7.66. The van der Waals surface area contributed by atoms with Crippen LogP contribution in [0.15, 0.2) is 11.1 Å². The molecule has 2 aliphatic heterocycles. The van der Waals surface area contributed by atoms with Gasteiger partial charge in [-0.05, 0) is 38.9 Å². The molecule has 0 spiro atoms. The summed E-state index contributed by atoms with van der Waals surface area (Å²) in [5.74, 6) is 0.122. The number of piperidine rings is 1. The summed E-state index contributed by atoms with van der Waals surface area (Å²) >= 11 is 0. The van der Waals surface area contributed by atoms with Gasteiger partial charge in [0.25, 0.3) is 0 Å². The van der Waals surface area contributed by atoms with Crippen molar-refractivity contribution >= 4 is 5.91 Å². The fourth-order valence-electron chi connectivity index (χ4n) is 2.25. The Balaban J connectivity index is 1.86. The molecular formula is C12H21N3O. The second kappa shape index (κ2) is 4.97. The Morgan fingerprint density at radius 3 is 2.81 bits per heavy atom. The Morgan fingerprint density at radius 2 is 2.25 bits per heavy atom. The molecule has 0 aromatic carbocycles. The Labute approximate surface area is 97.1 Å². The normalized spacial score (nSPS) is 26.1. The lowest BCUT2D eigenvalue weighted by Gasteiger charge is -2.31. The fourth-order valence-corrected chi connectivity index (χ4v) is 2.25. The molecule has 2 rings (SSSR count). The van der Waals surface area contributed by atoms with Crippen LogP contribution in [-0.4, -0.2) is 50.1 Å². The van der Waals surface area contributed by atoms with Crippen LogP contribution in [0.1, 0.15) is 19.8 Å². The zero-order valence-electron chi connectivity index (χ0n) is 10.2. The summed E-state index contributed by atoms with van der Waals surface area (Å²) in [6.07, 6.45) is 2.29. The van der Waals surface area contributed by atoms with Gasteiger partial charge in [0.15, 0.2) is 0 Å². The van der Waals surface area contributed by atoms with Gasteiger partial charge in [0.05, 0.1) is 0 Å². The molecule has 0 aromatic rings. The molecule has 4 heteroatoms. The van der Waals surface area contributed by atoms with Gasteiger partial charge in [0, 0.05) is 31.2 Å². The number of likely N-dealkylation sites (tertiary alicyclic amines) is 1. The maximum atomic E-state index is 11.9. The summed E-state index contributed by atoms with van der Waals surface area (Å²) in [4.78, 5) is 14.2. The van der Waals surface area contributed by atoms with E-state index < -0.39 is 0 Å². The minimum absolute atomic E-state index is 0.122. The number of hydrogen-bond donors (Lipinski definition) is 2. The van der Waals surface area contributed by atoms with Crippen LogP contribution in [0.5, 0.6) is 0 Å². The Kier molecular flexibility index (Phi) is 3.61. The van der Waals surface area contributed by atoms with Crippen LogP contribution in [0.2, 0.25) is 0 Å². The highest BCUT2D eigenvalue weighted by atomic mass is 16.1. The molecule has 2 heterocycles. The number of amides is 1. The van der Waals surface area contributed by atoms with E-state index in [0.717, 1.165) is 38.2 Å². The van der Waals surface area contributed by atoms with E-state index in [0.29, 0.717) is 6.04 Å². The van der Waals surface area contributed by atoms with Crippen LogP contribution < -0.4 is 10.6 Å². The van der Waals surface area contributed by atoms with Crippen molar-refractivity contribution in [3.05, 3.63) is 11.1 Å². The molecule has 16 heavy (non-hydrogen) atoms. The molecule has 0 bridgehead atoms. The van der Waals surface area contributed by atoms with Crippen LogP contribution in [0.3, 0.4) is 0 Å². The summed E-state index contributed by atoms with van der Waals surface area (Å²) in [6, 6.07) is 0.329. The first-order valence-electron chi connectivity index (χ1n) is 6.05. The number of rotatable bonds is 2. The smallest absolute Gasteiger partial charge is 0.247 e. The van der Waals surface area contributed by atoms with Gasteiger partial charge in [-0.25, -0.2) is 0 Å². The molecule has 1 unspecified atom stereocenters. The predicted molar refractivity (Wildman–Crippen MR) is 64.2 cm³/mol. The fraction of sp³-hybridized carbons (Fsp3) is 0.750. The number of carbonyl (C=O) groups is 1. The first kappa shape index (κ1) is 11.6. The average molecular weight is 223 g/mol. The lowest BCUT2D eigenvalue weighted by molar-refractivity contribution is -0.118. The SMILES string of the molecule is CC(C(=O)NC1CCCN(C)C1)=C1CNC1. The third kappa shape index (κ3) is 2.62. The summed E-state index contributed by atoms with van der Waals surface area (Å²) in [5, 5.41) is 6.29. The molecule has 1 atom stereocenters. The molecule has 0 aromatic heterocycles. The minimum Gasteiger partial charge on any atom is -0.348 e. The second-order valence-electron chi connectivity index (χ2n) is 4.91. The lowest BCUT2D eigenvalue weighted by atomic mass is 10.0. The third-order valence-electron chi connectivity index (χ3n) is 3.51. The van der Waals surface area contributed by atoms with Gasteiger partial charge < -0.3 is 15.5 Å². The van der Waals surface area contributed by atoms with E-state index in [1.165, 1.54) is 12.0 Å². The molecule has 0 radical (unpaired) electrons. The van der Waals surface area contributed by atoms with Crippen molar-refractivity contribution in [3.8, 4) is 0 Å². The highest BCUT2D eigenvalue weighted by molar-refractivity contribution is 5.94. The quantitative estimate of drug-likeness (QED) is 0.653. The maximum Gasteiger partial charge on any atom is 0.247 e. The van der Waals surface area contributed by atoms with E-state index in [1.54, 1.807) is 0 Å². The summed E-state index contributed by atoms with van der Waals surface area (Å²) in [6.45, 7) is 5.81.